The van der Waals surface area contributed by atoms with Crippen molar-refractivity contribution in [1.29, 1.82) is 0 Å². The molecule has 1 saturated carbocycles. The first-order chi connectivity index (χ1) is 11.7. The molecule has 5 heteroatoms. The third-order valence-corrected chi connectivity index (χ3v) is 6.21. The summed E-state index contributed by atoms with van der Waals surface area (Å²) in [5.41, 5.74) is 3.75. The lowest BCUT2D eigenvalue weighted by Gasteiger charge is -2.20. The number of aryl methyl sites for hydroxylation is 1. The lowest BCUT2D eigenvalue weighted by atomic mass is 9.92. The summed E-state index contributed by atoms with van der Waals surface area (Å²) in [6.45, 7) is 9.53. The Bertz CT molecular complexity index is 879. The maximum Gasteiger partial charge on any atom is 0.280 e. The normalized spacial score (nSPS) is 15.7. The van der Waals surface area contributed by atoms with Gasteiger partial charge in [-0.1, -0.05) is 32.9 Å². The van der Waals surface area contributed by atoms with Crippen molar-refractivity contribution >= 4 is 28.5 Å². The van der Waals surface area contributed by atoms with Crippen LogP contribution in [0.15, 0.2) is 29.3 Å². The van der Waals surface area contributed by atoms with E-state index < -0.39 is 0 Å². The molecule has 1 fully saturated rings. The highest BCUT2D eigenvalue weighted by Gasteiger charge is 2.26. The van der Waals surface area contributed by atoms with Crippen LogP contribution in [0.2, 0.25) is 0 Å². The predicted octanol–water partition coefficient (Wildman–Crippen LogP) is 4.19. The minimum atomic E-state index is -0.163. The zero-order chi connectivity index (χ0) is 18.4. The van der Waals surface area contributed by atoms with Gasteiger partial charge in [0.2, 0.25) is 0 Å². The number of amides is 1. The Labute approximate surface area is 163 Å². The molecule has 2 aromatic rings. The van der Waals surface area contributed by atoms with Crippen molar-refractivity contribution in [2.75, 3.05) is 0 Å². The summed E-state index contributed by atoms with van der Waals surface area (Å²) >= 11 is 2.23. The van der Waals surface area contributed by atoms with Crippen LogP contribution in [-0.4, -0.2) is 15.3 Å². The summed E-state index contributed by atoms with van der Waals surface area (Å²) < 4.78 is 5.32. The van der Waals surface area contributed by atoms with Gasteiger partial charge in [0.15, 0.2) is 5.49 Å². The van der Waals surface area contributed by atoms with Crippen LogP contribution in [-0.2, 0) is 19.0 Å². The summed E-state index contributed by atoms with van der Waals surface area (Å²) in [4.78, 5) is 17.3. The van der Waals surface area contributed by atoms with E-state index >= 15 is 0 Å². The SMILES string of the molecule is Cc1cccc(C(=O)/N=c2\cc(C(C)(C)C)n(C)n2CC2CC2)c1I. The highest BCUT2D eigenvalue weighted by molar-refractivity contribution is 14.1. The quantitative estimate of drug-likeness (QED) is 0.646. The number of aromatic nitrogens is 2. The molecule has 1 heterocycles. The Morgan fingerprint density at radius 1 is 1.32 bits per heavy atom. The maximum absolute atomic E-state index is 12.8. The van der Waals surface area contributed by atoms with E-state index in [1.54, 1.807) is 0 Å². The van der Waals surface area contributed by atoms with Crippen LogP contribution in [0.4, 0.5) is 0 Å². The van der Waals surface area contributed by atoms with Gasteiger partial charge in [-0.25, -0.2) is 0 Å². The number of hydrogen-bond acceptors (Lipinski definition) is 1. The zero-order valence-corrected chi connectivity index (χ0v) is 17.8. The number of rotatable bonds is 3. The van der Waals surface area contributed by atoms with Crippen molar-refractivity contribution in [3.8, 4) is 0 Å². The van der Waals surface area contributed by atoms with Crippen LogP contribution in [0.5, 0.6) is 0 Å². The van der Waals surface area contributed by atoms with Crippen molar-refractivity contribution in [3.05, 3.63) is 50.1 Å². The van der Waals surface area contributed by atoms with Gasteiger partial charge in [-0.05, 0) is 59.9 Å². The number of carbonyl (C=O) groups excluding carboxylic acids is 1. The monoisotopic (exact) mass is 451 g/mol. The van der Waals surface area contributed by atoms with Crippen molar-refractivity contribution in [2.24, 2.45) is 18.0 Å². The summed E-state index contributed by atoms with van der Waals surface area (Å²) in [7, 11) is 2.07. The molecule has 3 rings (SSSR count). The zero-order valence-electron chi connectivity index (χ0n) is 15.6. The largest absolute Gasteiger partial charge is 0.291 e. The highest BCUT2D eigenvalue weighted by Crippen LogP contribution is 2.30. The molecule has 0 unspecified atom stereocenters. The standard InChI is InChI=1S/C20H26IN3O/c1-13-7-6-8-15(18(13)21)19(25)22-17-11-16(20(2,3)4)23(5)24(17)12-14-9-10-14/h6-8,11,14H,9-10,12H2,1-5H3/b22-17+. The fraction of sp³-hybridized carbons (Fsp3) is 0.500. The molecule has 4 nitrogen and oxygen atoms in total. The number of hydrogen-bond donors (Lipinski definition) is 0. The number of nitrogens with zero attached hydrogens (tertiary/aromatic N) is 3. The summed E-state index contributed by atoms with van der Waals surface area (Å²) in [6, 6.07) is 7.87. The molecule has 1 aliphatic rings. The molecule has 0 atom stereocenters. The van der Waals surface area contributed by atoms with E-state index in [2.05, 4.69) is 70.8 Å². The molecule has 1 aromatic heterocycles. The van der Waals surface area contributed by atoms with Crippen LogP contribution in [0.25, 0.3) is 0 Å². The van der Waals surface area contributed by atoms with E-state index in [0.29, 0.717) is 5.56 Å². The van der Waals surface area contributed by atoms with E-state index in [1.807, 2.05) is 25.1 Å². The highest BCUT2D eigenvalue weighted by atomic mass is 127. The van der Waals surface area contributed by atoms with Crippen molar-refractivity contribution in [2.45, 2.75) is 52.5 Å². The van der Waals surface area contributed by atoms with Gasteiger partial charge in [-0.2, -0.15) is 4.99 Å². The molecule has 1 aliphatic carbocycles. The van der Waals surface area contributed by atoms with Crippen LogP contribution in [0.1, 0.15) is 55.2 Å². The topological polar surface area (TPSA) is 39.3 Å². The van der Waals surface area contributed by atoms with Gasteiger partial charge in [0, 0.05) is 34.3 Å². The molecule has 25 heavy (non-hydrogen) atoms. The molecule has 134 valence electrons. The van der Waals surface area contributed by atoms with Crippen molar-refractivity contribution in [3.63, 3.8) is 0 Å². The van der Waals surface area contributed by atoms with Gasteiger partial charge in [-0.15, -0.1) is 0 Å². The predicted molar refractivity (Wildman–Crippen MR) is 109 cm³/mol. The Hall–Kier alpha value is -1.37. The molecule has 0 N–H and O–H groups in total. The van der Waals surface area contributed by atoms with E-state index in [1.165, 1.54) is 18.5 Å². The number of carbonyl (C=O) groups is 1. The number of halogens is 1. The van der Waals surface area contributed by atoms with Crippen LogP contribution in [0.3, 0.4) is 0 Å². The second-order valence-electron chi connectivity index (χ2n) is 8.04. The first kappa shape index (κ1) is 18.4. The Kier molecular flexibility index (Phi) is 4.97. The van der Waals surface area contributed by atoms with E-state index in [4.69, 9.17) is 0 Å². The first-order valence-electron chi connectivity index (χ1n) is 8.80. The van der Waals surface area contributed by atoms with Gasteiger partial charge < -0.3 is 0 Å². The Morgan fingerprint density at radius 3 is 2.60 bits per heavy atom. The molecule has 0 spiro atoms. The average molecular weight is 451 g/mol. The molecule has 0 aliphatic heterocycles. The van der Waals surface area contributed by atoms with Crippen molar-refractivity contribution < 1.29 is 4.79 Å². The molecule has 1 aromatic carbocycles. The van der Waals surface area contributed by atoms with Gasteiger partial charge in [0.1, 0.15) is 0 Å². The number of benzene rings is 1. The minimum Gasteiger partial charge on any atom is -0.291 e. The second kappa shape index (κ2) is 6.74. The maximum atomic E-state index is 12.8. The summed E-state index contributed by atoms with van der Waals surface area (Å²) in [5, 5.41) is 0. The fourth-order valence-electron chi connectivity index (χ4n) is 3.10. The van der Waals surface area contributed by atoms with Crippen LogP contribution < -0.4 is 5.49 Å². The molecular weight excluding hydrogens is 425 g/mol. The molecule has 1 amide bonds. The van der Waals surface area contributed by atoms with Gasteiger partial charge in [-0.3, -0.25) is 14.2 Å². The van der Waals surface area contributed by atoms with Gasteiger partial charge in [0.25, 0.3) is 5.91 Å². The lowest BCUT2D eigenvalue weighted by Crippen LogP contribution is -2.26. The average Bonchev–Trinajstić information content (AvgIpc) is 3.28. The molecule has 0 radical (unpaired) electrons. The third kappa shape index (κ3) is 3.91. The van der Waals surface area contributed by atoms with Gasteiger partial charge >= 0.3 is 0 Å². The van der Waals surface area contributed by atoms with Crippen LogP contribution >= 0.6 is 22.6 Å². The van der Waals surface area contributed by atoms with Crippen LogP contribution in [0, 0.1) is 16.4 Å². The molecular formula is C20H26IN3O. The Morgan fingerprint density at radius 2 is 2.00 bits per heavy atom. The molecule has 0 bridgehead atoms. The summed E-state index contributed by atoms with van der Waals surface area (Å²) in [6.07, 6.45) is 2.54. The third-order valence-electron chi connectivity index (χ3n) is 4.78. The smallest absolute Gasteiger partial charge is 0.280 e. The van der Waals surface area contributed by atoms with Gasteiger partial charge in [0.05, 0.1) is 5.56 Å². The van der Waals surface area contributed by atoms with Crippen molar-refractivity contribution in [1.82, 2.24) is 9.36 Å². The second-order valence-corrected chi connectivity index (χ2v) is 9.12. The van der Waals surface area contributed by atoms with E-state index in [-0.39, 0.29) is 11.3 Å². The lowest BCUT2D eigenvalue weighted by molar-refractivity contribution is 0.0995. The summed E-state index contributed by atoms with van der Waals surface area (Å²) in [5.74, 6) is 0.554. The minimum absolute atomic E-state index is 0.00856. The van der Waals surface area contributed by atoms with E-state index in [0.717, 1.165) is 27.1 Å². The van der Waals surface area contributed by atoms with E-state index in [9.17, 15) is 4.79 Å². The fourth-order valence-corrected chi connectivity index (χ4v) is 3.69. The Balaban J connectivity index is 2.09. The first-order valence-corrected chi connectivity index (χ1v) is 9.88. The molecule has 0 saturated heterocycles.